The molecule has 0 aromatic rings. The fourth-order valence-corrected chi connectivity index (χ4v) is 1.66. The first kappa shape index (κ1) is 9.96. The van der Waals surface area contributed by atoms with Crippen LogP contribution in [0, 0.1) is 5.92 Å². The van der Waals surface area contributed by atoms with Crippen LogP contribution in [-0.4, -0.2) is 31.1 Å². The van der Waals surface area contributed by atoms with Crippen molar-refractivity contribution in [2.75, 3.05) is 26.2 Å². The highest BCUT2D eigenvalue weighted by molar-refractivity contribution is 4.66. The lowest BCUT2D eigenvalue weighted by Gasteiger charge is -2.17. The van der Waals surface area contributed by atoms with Crippen molar-refractivity contribution in [2.45, 2.75) is 26.2 Å². The number of likely N-dealkylation sites (tertiary alicyclic amines) is 1. The molecule has 0 spiro atoms. The van der Waals surface area contributed by atoms with E-state index in [0.29, 0.717) is 12.5 Å². The van der Waals surface area contributed by atoms with Gasteiger partial charge in [0.05, 0.1) is 6.61 Å². The summed E-state index contributed by atoms with van der Waals surface area (Å²) in [5.74, 6) is 5.59. The third-order valence-corrected chi connectivity index (χ3v) is 2.52. The number of hydrogen-bond donors (Lipinski definition) is 1. The molecule has 2 N–H and O–H groups in total. The van der Waals surface area contributed by atoms with Crippen LogP contribution in [0.1, 0.15) is 26.2 Å². The summed E-state index contributed by atoms with van der Waals surface area (Å²) < 4.78 is 0. The Morgan fingerprint density at radius 2 is 2.08 bits per heavy atom. The predicted molar refractivity (Wildman–Crippen MR) is 49.6 cm³/mol. The van der Waals surface area contributed by atoms with Crippen molar-refractivity contribution in [3.63, 3.8) is 0 Å². The molecule has 3 nitrogen and oxygen atoms in total. The van der Waals surface area contributed by atoms with Gasteiger partial charge in [0.15, 0.2) is 0 Å². The zero-order chi connectivity index (χ0) is 8.81. The van der Waals surface area contributed by atoms with Crippen LogP contribution >= 0.6 is 0 Å². The van der Waals surface area contributed by atoms with Gasteiger partial charge in [-0.3, -0.25) is 0 Å². The van der Waals surface area contributed by atoms with E-state index in [0.717, 1.165) is 0 Å². The van der Waals surface area contributed by atoms with Crippen molar-refractivity contribution >= 4 is 0 Å². The minimum Gasteiger partial charge on any atom is -0.304 e. The fourth-order valence-electron chi connectivity index (χ4n) is 1.66. The summed E-state index contributed by atoms with van der Waals surface area (Å²) in [6.45, 7) is 6.66. The van der Waals surface area contributed by atoms with E-state index in [4.69, 9.17) is 5.90 Å². The highest BCUT2D eigenvalue weighted by atomic mass is 16.6. The second kappa shape index (κ2) is 5.51. The lowest BCUT2D eigenvalue weighted by Crippen LogP contribution is -2.23. The Morgan fingerprint density at radius 1 is 1.42 bits per heavy atom. The van der Waals surface area contributed by atoms with E-state index in [2.05, 4.69) is 16.7 Å². The van der Waals surface area contributed by atoms with Crippen molar-refractivity contribution in [2.24, 2.45) is 11.8 Å². The number of nitrogens with zero attached hydrogens (tertiary/aromatic N) is 1. The summed E-state index contributed by atoms with van der Waals surface area (Å²) >= 11 is 0. The summed E-state index contributed by atoms with van der Waals surface area (Å²) in [5.41, 5.74) is 0. The summed E-state index contributed by atoms with van der Waals surface area (Å²) in [6.07, 6.45) is 3.96. The molecule has 3 heteroatoms. The van der Waals surface area contributed by atoms with Gasteiger partial charge in [0.1, 0.15) is 0 Å². The quantitative estimate of drug-likeness (QED) is 0.629. The molecule has 1 fully saturated rings. The molecule has 0 aliphatic carbocycles. The minimum atomic E-state index is 0.593. The van der Waals surface area contributed by atoms with E-state index in [9.17, 15) is 0 Å². The Hall–Kier alpha value is -0.120. The van der Waals surface area contributed by atoms with Gasteiger partial charge >= 0.3 is 0 Å². The van der Waals surface area contributed by atoms with Gasteiger partial charge in [-0.1, -0.05) is 6.92 Å². The van der Waals surface area contributed by atoms with Gasteiger partial charge in [0.25, 0.3) is 0 Å². The second-order valence-corrected chi connectivity index (χ2v) is 3.78. The Morgan fingerprint density at radius 3 is 2.67 bits per heavy atom. The number of nitrogens with two attached hydrogens (primary N) is 1. The average Bonchev–Trinajstić information content (AvgIpc) is 2.53. The predicted octanol–water partition coefficient (Wildman–Crippen LogP) is 0.999. The first-order valence-electron chi connectivity index (χ1n) is 4.87. The van der Waals surface area contributed by atoms with Crippen LogP contribution in [0.15, 0.2) is 0 Å². The normalized spacial score (nSPS) is 21.5. The average molecular weight is 172 g/mol. The largest absolute Gasteiger partial charge is 0.304 e. The summed E-state index contributed by atoms with van der Waals surface area (Å²) in [5, 5.41) is 0. The van der Waals surface area contributed by atoms with Gasteiger partial charge in [-0.05, 0) is 44.8 Å². The summed E-state index contributed by atoms with van der Waals surface area (Å²) in [4.78, 5) is 7.12. The van der Waals surface area contributed by atoms with E-state index in [1.807, 2.05) is 0 Å². The SMILES string of the molecule is CC(CCN1CCCC1)CON. The zero-order valence-corrected chi connectivity index (χ0v) is 7.96. The molecule has 1 saturated heterocycles. The molecule has 0 aromatic heterocycles. The van der Waals surface area contributed by atoms with E-state index in [1.54, 1.807) is 0 Å². The van der Waals surface area contributed by atoms with Crippen LogP contribution < -0.4 is 5.90 Å². The van der Waals surface area contributed by atoms with Crippen LogP contribution in [0.2, 0.25) is 0 Å². The summed E-state index contributed by atoms with van der Waals surface area (Å²) in [7, 11) is 0. The Balaban J connectivity index is 1.99. The van der Waals surface area contributed by atoms with Crippen molar-refractivity contribution < 1.29 is 4.84 Å². The maximum atomic E-state index is 5.00. The Labute approximate surface area is 74.8 Å². The van der Waals surface area contributed by atoms with Gasteiger partial charge in [-0.2, -0.15) is 0 Å². The van der Waals surface area contributed by atoms with Crippen molar-refractivity contribution in [3.05, 3.63) is 0 Å². The van der Waals surface area contributed by atoms with Crippen LogP contribution in [0.5, 0.6) is 0 Å². The summed E-state index contributed by atoms with van der Waals surface area (Å²) in [6, 6.07) is 0. The number of rotatable bonds is 5. The van der Waals surface area contributed by atoms with Gasteiger partial charge in [-0.15, -0.1) is 0 Å². The van der Waals surface area contributed by atoms with Crippen LogP contribution in [0.4, 0.5) is 0 Å². The zero-order valence-electron chi connectivity index (χ0n) is 7.96. The maximum Gasteiger partial charge on any atom is 0.0705 e. The molecular formula is C9H20N2O. The Bertz CT molecular complexity index is 113. The molecule has 1 atom stereocenters. The van der Waals surface area contributed by atoms with Crippen LogP contribution in [-0.2, 0) is 4.84 Å². The molecule has 1 aliphatic rings. The van der Waals surface area contributed by atoms with Gasteiger partial charge < -0.3 is 9.74 Å². The van der Waals surface area contributed by atoms with Crippen LogP contribution in [0.3, 0.4) is 0 Å². The van der Waals surface area contributed by atoms with Gasteiger partial charge in [0.2, 0.25) is 0 Å². The molecule has 0 amide bonds. The molecule has 1 rings (SSSR count). The van der Waals surface area contributed by atoms with E-state index in [-0.39, 0.29) is 0 Å². The number of hydrogen-bond acceptors (Lipinski definition) is 3. The van der Waals surface area contributed by atoms with E-state index in [1.165, 1.54) is 38.9 Å². The molecule has 1 aliphatic heterocycles. The van der Waals surface area contributed by atoms with E-state index < -0.39 is 0 Å². The topological polar surface area (TPSA) is 38.5 Å². The first-order valence-corrected chi connectivity index (χ1v) is 4.87. The molecule has 1 unspecified atom stereocenters. The lowest BCUT2D eigenvalue weighted by atomic mass is 10.1. The molecule has 0 saturated carbocycles. The van der Waals surface area contributed by atoms with Gasteiger partial charge in [-0.25, -0.2) is 5.90 Å². The third kappa shape index (κ3) is 3.52. The van der Waals surface area contributed by atoms with E-state index >= 15 is 0 Å². The molecular weight excluding hydrogens is 152 g/mol. The maximum absolute atomic E-state index is 5.00. The smallest absolute Gasteiger partial charge is 0.0705 e. The second-order valence-electron chi connectivity index (χ2n) is 3.78. The molecule has 12 heavy (non-hydrogen) atoms. The third-order valence-electron chi connectivity index (χ3n) is 2.52. The van der Waals surface area contributed by atoms with Crippen LogP contribution in [0.25, 0.3) is 0 Å². The highest BCUT2D eigenvalue weighted by Gasteiger charge is 2.12. The minimum absolute atomic E-state index is 0.593. The Kier molecular flexibility index (Phi) is 4.58. The first-order chi connectivity index (χ1) is 5.83. The fraction of sp³-hybridized carbons (Fsp3) is 1.00. The highest BCUT2D eigenvalue weighted by Crippen LogP contribution is 2.10. The monoisotopic (exact) mass is 172 g/mol. The standard InChI is InChI=1S/C9H20N2O/c1-9(8-12-10)4-7-11-5-2-3-6-11/h9H,2-8,10H2,1H3. The van der Waals surface area contributed by atoms with Gasteiger partial charge in [0, 0.05) is 0 Å². The molecule has 72 valence electrons. The molecule has 1 heterocycles. The van der Waals surface area contributed by atoms with Crippen molar-refractivity contribution in [3.8, 4) is 0 Å². The van der Waals surface area contributed by atoms with Crippen molar-refractivity contribution in [1.29, 1.82) is 0 Å². The van der Waals surface area contributed by atoms with Crippen molar-refractivity contribution in [1.82, 2.24) is 4.90 Å². The molecule has 0 aromatic carbocycles. The molecule has 0 bridgehead atoms. The molecule has 0 radical (unpaired) electrons. The lowest BCUT2D eigenvalue weighted by molar-refractivity contribution is 0.0999.